The van der Waals surface area contributed by atoms with Gasteiger partial charge in [0.2, 0.25) is 5.91 Å². The molecule has 0 bridgehead atoms. The van der Waals surface area contributed by atoms with Gasteiger partial charge in [0.1, 0.15) is 11.6 Å². The Morgan fingerprint density at radius 3 is 2.91 bits per heavy atom. The summed E-state index contributed by atoms with van der Waals surface area (Å²) in [7, 11) is 0. The predicted molar refractivity (Wildman–Crippen MR) is 85.0 cm³/mol. The van der Waals surface area contributed by atoms with Crippen LogP contribution in [-0.2, 0) is 17.9 Å². The van der Waals surface area contributed by atoms with Crippen molar-refractivity contribution in [3.8, 4) is 0 Å². The molecule has 1 fully saturated rings. The first-order valence-electron chi connectivity index (χ1n) is 8.00. The van der Waals surface area contributed by atoms with Gasteiger partial charge in [0.25, 0.3) is 0 Å². The lowest BCUT2D eigenvalue weighted by Crippen LogP contribution is -2.34. The number of hydrogen-bond donors (Lipinski definition) is 1. The molecular formula is C18H21FN2O2. The van der Waals surface area contributed by atoms with Crippen molar-refractivity contribution in [3.63, 3.8) is 0 Å². The molecule has 1 atom stereocenters. The molecule has 2 heterocycles. The van der Waals surface area contributed by atoms with E-state index in [1.165, 1.54) is 6.07 Å². The lowest BCUT2D eigenvalue weighted by molar-refractivity contribution is -0.129. The molecule has 0 saturated carbocycles. The van der Waals surface area contributed by atoms with E-state index in [1.807, 2.05) is 23.1 Å². The molecular weight excluding hydrogens is 295 g/mol. The van der Waals surface area contributed by atoms with Crippen LogP contribution in [0.5, 0.6) is 0 Å². The number of carbonyl (C=O) groups is 1. The summed E-state index contributed by atoms with van der Waals surface area (Å²) >= 11 is 0. The first-order valence-corrected chi connectivity index (χ1v) is 8.00. The number of furan rings is 1. The summed E-state index contributed by atoms with van der Waals surface area (Å²) in [5, 5.41) is 3.26. The lowest BCUT2D eigenvalue weighted by Gasteiger charge is -2.24. The Hall–Kier alpha value is -2.14. The molecule has 0 radical (unpaired) electrons. The monoisotopic (exact) mass is 316 g/mol. The van der Waals surface area contributed by atoms with Crippen molar-refractivity contribution in [2.75, 3.05) is 6.54 Å². The van der Waals surface area contributed by atoms with Crippen molar-refractivity contribution in [3.05, 3.63) is 59.8 Å². The highest BCUT2D eigenvalue weighted by atomic mass is 19.1. The van der Waals surface area contributed by atoms with Gasteiger partial charge in [-0.2, -0.15) is 0 Å². The van der Waals surface area contributed by atoms with Crippen LogP contribution in [0.15, 0.2) is 47.1 Å². The largest absolute Gasteiger partial charge is 0.467 e. The van der Waals surface area contributed by atoms with E-state index in [9.17, 15) is 9.18 Å². The van der Waals surface area contributed by atoms with Crippen LogP contribution < -0.4 is 5.32 Å². The van der Waals surface area contributed by atoms with E-state index in [0.29, 0.717) is 25.1 Å². The Kier molecular flexibility index (Phi) is 5.08. The molecule has 4 nitrogen and oxygen atoms in total. The fraction of sp³-hybridized carbons (Fsp3) is 0.389. The first-order chi connectivity index (χ1) is 11.2. The van der Waals surface area contributed by atoms with Crippen LogP contribution in [0, 0.1) is 5.82 Å². The van der Waals surface area contributed by atoms with Crippen LogP contribution in [0.3, 0.4) is 0 Å². The van der Waals surface area contributed by atoms with Gasteiger partial charge in [-0.15, -0.1) is 0 Å². The highest BCUT2D eigenvalue weighted by Gasteiger charge is 2.30. The summed E-state index contributed by atoms with van der Waals surface area (Å²) in [6.45, 7) is 1.79. The molecule has 1 aliphatic rings. The number of halogens is 1. The molecule has 1 saturated heterocycles. The average molecular weight is 316 g/mol. The Balaban J connectivity index is 1.47. The van der Waals surface area contributed by atoms with Crippen LogP contribution in [-0.4, -0.2) is 23.4 Å². The van der Waals surface area contributed by atoms with E-state index in [-0.39, 0.29) is 17.8 Å². The van der Waals surface area contributed by atoms with Crippen molar-refractivity contribution in [1.29, 1.82) is 0 Å². The molecule has 122 valence electrons. The number of rotatable bonds is 7. The van der Waals surface area contributed by atoms with Gasteiger partial charge in [-0.05, 0) is 37.6 Å². The van der Waals surface area contributed by atoms with Crippen molar-refractivity contribution in [2.24, 2.45) is 0 Å². The molecule has 1 aromatic carbocycles. The van der Waals surface area contributed by atoms with E-state index < -0.39 is 0 Å². The third-order valence-corrected chi connectivity index (χ3v) is 4.29. The number of hydrogen-bond acceptors (Lipinski definition) is 3. The zero-order valence-corrected chi connectivity index (χ0v) is 13.0. The molecule has 0 aliphatic carbocycles. The summed E-state index contributed by atoms with van der Waals surface area (Å²) in [6.07, 6.45) is 3.96. The zero-order valence-electron chi connectivity index (χ0n) is 13.0. The first kappa shape index (κ1) is 15.7. The zero-order chi connectivity index (χ0) is 16.1. The maximum Gasteiger partial charge on any atom is 0.223 e. The van der Waals surface area contributed by atoms with Gasteiger partial charge in [-0.1, -0.05) is 18.2 Å². The van der Waals surface area contributed by atoms with E-state index in [4.69, 9.17) is 4.42 Å². The Morgan fingerprint density at radius 1 is 1.26 bits per heavy atom. The van der Waals surface area contributed by atoms with E-state index in [1.54, 1.807) is 18.4 Å². The molecule has 1 N–H and O–H groups in total. The summed E-state index contributed by atoms with van der Waals surface area (Å²) < 4.78 is 18.9. The Bertz CT molecular complexity index is 642. The van der Waals surface area contributed by atoms with Gasteiger partial charge < -0.3 is 14.6 Å². The number of nitrogens with zero attached hydrogens (tertiary/aromatic N) is 1. The normalized spacial score (nSPS) is 17.9. The van der Waals surface area contributed by atoms with Crippen molar-refractivity contribution in [1.82, 2.24) is 10.2 Å². The smallest absolute Gasteiger partial charge is 0.223 e. The second-order valence-corrected chi connectivity index (χ2v) is 5.85. The topological polar surface area (TPSA) is 45.5 Å². The SMILES string of the molecule is O=C1CCC(CCNCc2ccccc2F)N1Cc1ccco1. The van der Waals surface area contributed by atoms with Gasteiger partial charge in [-0.3, -0.25) is 4.79 Å². The summed E-state index contributed by atoms with van der Waals surface area (Å²) in [6, 6.07) is 10.7. The van der Waals surface area contributed by atoms with Crippen LogP contribution in [0.2, 0.25) is 0 Å². The van der Waals surface area contributed by atoms with Crippen LogP contribution in [0.25, 0.3) is 0 Å². The van der Waals surface area contributed by atoms with E-state index in [0.717, 1.165) is 25.1 Å². The molecule has 1 aliphatic heterocycles. The average Bonchev–Trinajstić information content (AvgIpc) is 3.18. The number of benzene rings is 1. The maximum atomic E-state index is 13.5. The highest BCUT2D eigenvalue weighted by Crippen LogP contribution is 2.23. The molecule has 0 spiro atoms. The van der Waals surface area contributed by atoms with Gasteiger partial charge in [0, 0.05) is 24.6 Å². The van der Waals surface area contributed by atoms with Gasteiger partial charge in [-0.25, -0.2) is 4.39 Å². The predicted octanol–water partition coefficient (Wildman–Crippen LogP) is 3.09. The lowest BCUT2D eigenvalue weighted by atomic mass is 10.1. The molecule has 23 heavy (non-hydrogen) atoms. The van der Waals surface area contributed by atoms with E-state index >= 15 is 0 Å². The molecule has 1 aromatic heterocycles. The van der Waals surface area contributed by atoms with Crippen molar-refractivity contribution < 1.29 is 13.6 Å². The summed E-state index contributed by atoms with van der Waals surface area (Å²) in [5.41, 5.74) is 0.669. The Morgan fingerprint density at radius 2 is 2.13 bits per heavy atom. The molecule has 2 aromatic rings. The van der Waals surface area contributed by atoms with Crippen molar-refractivity contribution >= 4 is 5.91 Å². The third-order valence-electron chi connectivity index (χ3n) is 4.29. The molecule has 1 unspecified atom stereocenters. The Labute approximate surface area is 135 Å². The fourth-order valence-electron chi connectivity index (χ4n) is 3.01. The van der Waals surface area contributed by atoms with E-state index in [2.05, 4.69) is 5.32 Å². The molecule has 1 amide bonds. The van der Waals surface area contributed by atoms with Crippen LogP contribution in [0.1, 0.15) is 30.6 Å². The van der Waals surface area contributed by atoms with Gasteiger partial charge >= 0.3 is 0 Å². The summed E-state index contributed by atoms with van der Waals surface area (Å²) in [5.74, 6) is 0.806. The quantitative estimate of drug-likeness (QED) is 0.799. The van der Waals surface area contributed by atoms with Crippen molar-refractivity contribution in [2.45, 2.75) is 38.4 Å². The van der Waals surface area contributed by atoms with Crippen LogP contribution in [0.4, 0.5) is 4.39 Å². The maximum absolute atomic E-state index is 13.5. The minimum atomic E-state index is -0.185. The highest BCUT2D eigenvalue weighted by molar-refractivity contribution is 5.78. The summed E-state index contributed by atoms with van der Waals surface area (Å²) in [4.78, 5) is 13.9. The number of carbonyl (C=O) groups excluding carboxylic acids is 1. The number of amides is 1. The standard InChI is InChI=1S/C18H21FN2O2/c19-17-6-2-1-4-14(17)12-20-10-9-15-7-8-18(22)21(15)13-16-5-3-11-23-16/h1-6,11,15,20H,7-10,12-13H2. The second kappa shape index (κ2) is 7.42. The van der Waals surface area contributed by atoms with Gasteiger partial charge in [0.15, 0.2) is 0 Å². The second-order valence-electron chi connectivity index (χ2n) is 5.85. The fourth-order valence-corrected chi connectivity index (χ4v) is 3.01. The van der Waals surface area contributed by atoms with Gasteiger partial charge in [0.05, 0.1) is 12.8 Å². The third kappa shape index (κ3) is 3.99. The number of nitrogens with one attached hydrogen (secondary N) is 1. The minimum Gasteiger partial charge on any atom is -0.467 e. The number of likely N-dealkylation sites (tertiary alicyclic amines) is 1. The molecule has 3 rings (SSSR count). The minimum absolute atomic E-state index is 0.181. The molecule has 5 heteroatoms. The van der Waals surface area contributed by atoms with Crippen LogP contribution >= 0.6 is 0 Å².